The highest BCUT2D eigenvalue weighted by Gasteiger charge is 2.28. The zero-order chi connectivity index (χ0) is 14.6. The van der Waals surface area contributed by atoms with Crippen molar-refractivity contribution in [2.75, 3.05) is 26.7 Å². The number of benzene rings is 1. The molecule has 0 saturated carbocycles. The molecule has 4 heteroatoms. The second-order valence-corrected chi connectivity index (χ2v) is 6.14. The Morgan fingerprint density at radius 1 is 1.40 bits per heavy atom. The van der Waals surface area contributed by atoms with Gasteiger partial charge in [-0.05, 0) is 50.5 Å². The molecule has 108 valence electrons. The van der Waals surface area contributed by atoms with Gasteiger partial charge < -0.3 is 10.2 Å². The molecular weight excluding hydrogens is 253 g/mol. The molecule has 0 atom stereocenters. The highest BCUT2D eigenvalue weighted by molar-refractivity contribution is 5.32. The molecule has 0 bridgehead atoms. The minimum atomic E-state index is -0.301. The van der Waals surface area contributed by atoms with Crippen molar-refractivity contribution in [3.8, 4) is 6.07 Å². The van der Waals surface area contributed by atoms with E-state index >= 15 is 0 Å². The molecule has 20 heavy (non-hydrogen) atoms. The Balaban J connectivity index is 1.85. The van der Waals surface area contributed by atoms with E-state index in [2.05, 4.69) is 24.2 Å². The molecule has 2 rings (SSSR count). The van der Waals surface area contributed by atoms with Gasteiger partial charge in [-0.25, -0.2) is 4.39 Å². The van der Waals surface area contributed by atoms with Crippen molar-refractivity contribution in [1.82, 2.24) is 10.2 Å². The first-order valence-corrected chi connectivity index (χ1v) is 7.10. The second-order valence-electron chi connectivity index (χ2n) is 6.14. The Hall–Kier alpha value is -1.44. The quantitative estimate of drug-likeness (QED) is 0.917. The number of hydrogen-bond donors (Lipinski definition) is 1. The van der Waals surface area contributed by atoms with Crippen LogP contribution in [0.4, 0.5) is 4.39 Å². The standard InChI is InChI=1S/C16H22FN3/c1-16(5-7-20(2)8-6-16)12-19-11-14-4-3-13(10-18)9-15(14)17/h3-4,9,19H,5-8,11-12H2,1-2H3. The summed E-state index contributed by atoms with van der Waals surface area (Å²) in [5.41, 5.74) is 1.30. The summed E-state index contributed by atoms with van der Waals surface area (Å²) in [7, 11) is 2.15. The van der Waals surface area contributed by atoms with Gasteiger partial charge in [0.05, 0.1) is 11.6 Å². The van der Waals surface area contributed by atoms with E-state index < -0.39 is 0 Å². The molecule has 0 aromatic heterocycles. The molecular formula is C16H22FN3. The van der Waals surface area contributed by atoms with Gasteiger partial charge in [0.25, 0.3) is 0 Å². The summed E-state index contributed by atoms with van der Waals surface area (Å²) in [5, 5.41) is 12.1. The van der Waals surface area contributed by atoms with Gasteiger partial charge in [-0.1, -0.05) is 13.0 Å². The first-order chi connectivity index (χ1) is 9.52. The topological polar surface area (TPSA) is 39.1 Å². The Kier molecular flexibility index (Phi) is 4.74. The first kappa shape index (κ1) is 15.0. The monoisotopic (exact) mass is 275 g/mol. The van der Waals surface area contributed by atoms with Gasteiger partial charge >= 0.3 is 0 Å². The zero-order valence-electron chi connectivity index (χ0n) is 12.2. The normalized spacial score (nSPS) is 18.7. The molecule has 1 N–H and O–H groups in total. The van der Waals surface area contributed by atoms with Crippen LogP contribution in [-0.2, 0) is 6.54 Å². The summed E-state index contributed by atoms with van der Waals surface area (Å²) >= 11 is 0. The lowest BCUT2D eigenvalue weighted by Gasteiger charge is -2.38. The van der Waals surface area contributed by atoms with Crippen LogP contribution in [0.25, 0.3) is 0 Å². The van der Waals surface area contributed by atoms with Gasteiger partial charge in [0.15, 0.2) is 0 Å². The lowest BCUT2D eigenvalue weighted by Crippen LogP contribution is -2.41. The fraction of sp³-hybridized carbons (Fsp3) is 0.562. The molecule has 1 fully saturated rings. The lowest BCUT2D eigenvalue weighted by atomic mass is 9.80. The van der Waals surface area contributed by atoms with Crippen molar-refractivity contribution in [3.05, 3.63) is 35.1 Å². The SMILES string of the molecule is CN1CCC(C)(CNCc2ccc(C#N)cc2F)CC1. The van der Waals surface area contributed by atoms with Crippen molar-refractivity contribution in [2.24, 2.45) is 5.41 Å². The maximum absolute atomic E-state index is 13.8. The summed E-state index contributed by atoms with van der Waals surface area (Å²) in [6.07, 6.45) is 2.35. The summed E-state index contributed by atoms with van der Waals surface area (Å²) < 4.78 is 13.8. The smallest absolute Gasteiger partial charge is 0.129 e. The Morgan fingerprint density at radius 3 is 2.70 bits per heavy atom. The van der Waals surface area contributed by atoms with Gasteiger partial charge in [0, 0.05) is 18.7 Å². The van der Waals surface area contributed by atoms with E-state index in [0.29, 0.717) is 23.1 Å². The van der Waals surface area contributed by atoms with E-state index in [4.69, 9.17) is 5.26 Å². The number of likely N-dealkylation sites (tertiary alicyclic amines) is 1. The van der Waals surface area contributed by atoms with Crippen LogP contribution < -0.4 is 5.32 Å². The molecule has 3 nitrogen and oxygen atoms in total. The van der Waals surface area contributed by atoms with E-state index in [1.54, 1.807) is 12.1 Å². The van der Waals surface area contributed by atoms with Crippen LogP contribution in [0.2, 0.25) is 0 Å². The predicted molar refractivity (Wildman–Crippen MR) is 77.7 cm³/mol. The maximum Gasteiger partial charge on any atom is 0.129 e. The first-order valence-electron chi connectivity index (χ1n) is 7.10. The maximum atomic E-state index is 13.8. The van der Waals surface area contributed by atoms with Crippen molar-refractivity contribution >= 4 is 0 Å². The third kappa shape index (κ3) is 3.78. The van der Waals surface area contributed by atoms with Crippen molar-refractivity contribution in [2.45, 2.75) is 26.3 Å². The molecule has 0 aliphatic carbocycles. The largest absolute Gasteiger partial charge is 0.312 e. The van der Waals surface area contributed by atoms with Crippen molar-refractivity contribution < 1.29 is 4.39 Å². The van der Waals surface area contributed by atoms with Crippen LogP contribution in [0.5, 0.6) is 0 Å². The fourth-order valence-electron chi connectivity index (χ4n) is 2.59. The summed E-state index contributed by atoms with van der Waals surface area (Å²) in [4.78, 5) is 2.35. The number of nitriles is 1. The summed E-state index contributed by atoms with van der Waals surface area (Å²) in [6, 6.07) is 6.60. The van der Waals surface area contributed by atoms with E-state index in [9.17, 15) is 4.39 Å². The fourth-order valence-corrected chi connectivity index (χ4v) is 2.59. The molecule has 1 aliphatic heterocycles. The number of nitrogens with zero attached hydrogens (tertiary/aromatic N) is 2. The van der Waals surface area contributed by atoms with Gasteiger partial charge in [-0.2, -0.15) is 5.26 Å². The second kappa shape index (κ2) is 6.34. The third-order valence-corrected chi connectivity index (χ3v) is 4.24. The van der Waals surface area contributed by atoms with E-state index in [-0.39, 0.29) is 5.82 Å². The average Bonchev–Trinajstić information content (AvgIpc) is 2.44. The van der Waals surface area contributed by atoms with Gasteiger partial charge in [-0.15, -0.1) is 0 Å². The molecule has 0 amide bonds. The van der Waals surface area contributed by atoms with Crippen molar-refractivity contribution in [1.29, 1.82) is 5.26 Å². The van der Waals surface area contributed by atoms with E-state index in [1.165, 1.54) is 18.9 Å². The zero-order valence-corrected chi connectivity index (χ0v) is 12.2. The van der Waals surface area contributed by atoms with Gasteiger partial charge in [0.1, 0.15) is 5.82 Å². The average molecular weight is 275 g/mol. The molecule has 1 aromatic carbocycles. The lowest BCUT2D eigenvalue weighted by molar-refractivity contribution is 0.136. The van der Waals surface area contributed by atoms with Crippen LogP contribution in [0.3, 0.4) is 0 Å². The number of rotatable bonds is 4. The highest BCUT2D eigenvalue weighted by Crippen LogP contribution is 2.29. The van der Waals surface area contributed by atoms with Crippen molar-refractivity contribution in [3.63, 3.8) is 0 Å². The molecule has 1 saturated heterocycles. The third-order valence-electron chi connectivity index (χ3n) is 4.24. The number of piperidine rings is 1. The number of hydrogen-bond acceptors (Lipinski definition) is 3. The summed E-state index contributed by atoms with van der Waals surface area (Å²) in [5.74, 6) is -0.301. The van der Waals surface area contributed by atoms with Crippen LogP contribution in [0, 0.1) is 22.6 Å². The van der Waals surface area contributed by atoms with Gasteiger partial charge in [0.2, 0.25) is 0 Å². The Labute approximate surface area is 120 Å². The number of nitrogens with one attached hydrogen (secondary N) is 1. The van der Waals surface area contributed by atoms with E-state index in [0.717, 1.165) is 19.6 Å². The van der Waals surface area contributed by atoms with E-state index in [1.807, 2.05) is 6.07 Å². The Bertz CT molecular complexity index is 499. The molecule has 1 aliphatic rings. The van der Waals surface area contributed by atoms with Crippen LogP contribution in [-0.4, -0.2) is 31.6 Å². The molecule has 0 radical (unpaired) electrons. The summed E-state index contributed by atoms with van der Waals surface area (Å²) in [6.45, 7) is 5.97. The number of halogens is 1. The molecule has 1 heterocycles. The van der Waals surface area contributed by atoms with Gasteiger partial charge in [-0.3, -0.25) is 0 Å². The minimum absolute atomic E-state index is 0.301. The predicted octanol–water partition coefficient (Wildman–Crippen LogP) is 2.52. The van der Waals surface area contributed by atoms with Crippen LogP contribution >= 0.6 is 0 Å². The van der Waals surface area contributed by atoms with Crippen LogP contribution in [0.1, 0.15) is 30.9 Å². The minimum Gasteiger partial charge on any atom is -0.312 e. The Morgan fingerprint density at radius 2 is 2.10 bits per heavy atom. The molecule has 0 spiro atoms. The highest BCUT2D eigenvalue weighted by atomic mass is 19.1. The molecule has 0 unspecified atom stereocenters. The van der Waals surface area contributed by atoms with Crippen LogP contribution in [0.15, 0.2) is 18.2 Å². The molecule has 1 aromatic rings.